The fraction of sp³-hybridized carbons (Fsp3) is 0.0909. The Morgan fingerprint density at radius 2 is 1.93 bits per heavy atom. The number of hydrogen-bond acceptors (Lipinski definition) is 2. The standard InChI is InChI=1S/C22H18FN3O/c1-15-9-10-17(20-14-26-11-5-4-8-21(26)24-20)12-19(15)25-22(27)13-16-6-2-3-7-18(16)23/h2-12,14H,13H2,1H3,(H,25,27). The molecule has 0 aliphatic carbocycles. The molecule has 4 rings (SSSR count). The highest BCUT2D eigenvalue weighted by Gasteiger charge is 2.11. The van der Waals surface area contributed by atoms with Crippen LogP contribution in [0.5, 0.6) is 0 Å². The smallest absolute Gasteiger partial charge is 0.228 e. The van der Waals surface area contributed by atoms with E-state index >= 15 is 0 Å². The zero-order valence-corrected chi connectivity index (χ0v) is 14.8. The van der Waals surface area contributed by atoms with Gasteiger partial charge in [0.1, 0.15) is 11.5 Å². The summed E-state index contributed by atoms with van der Waals surface area (Å²) in [5.41, 5.74) is 4.61. The molecule has 0 fully saturated rings. The van der Waals surface area contributed by atoms with Crippen LogP contribution >= 0.6 is 0 Å². The van der Waals surface area contributed by atoms with Crippen LogP contribution in [0.25, 0.3) is 16.9 Å². The molecule has 0 saturated heterocycles. The molecular formula is C22H18FN3O. The highest BCUT2D eigenvalue weighted by molar-refractivity contribution is 5.93. The van der Waals surface area contributed by atoms with E-state index in [0.29, 0.717) is 11.3 Å². The predicted octanol–water partition coefficient (Wildman–Crippen LogP) is 4.63. The summed E-state index contributed by atoms with van der Waals surface area (Å²) in [5, 5.41) is 2.89. The molecule has 5 heteroatoms. The number of aromatic nitrogens is 2. The average molecular weight is 359 g/mol. The Balaban J connectivity index is 1.59. The highest BCUT2D eigenvalue weighted by Crippen LogP contribution is 2.25. The minimum absolute atomic E-state index is 0.00922. The number of nitrogens with one attached hydrogen (secondary N) is 1. The molecule has 0 unspecified atom stereocenters. The second kappa shape index (κ2) is 7.03. The Bertz CT molecular complexity index is 1100. The molecule has 4 aromatic rings. The van der Waals surface area contributed by atoms with E-state index in [4.69, 9.17) is 0 Å². The molecule has 0 saturated carbocycles. The Kier molecular flexibility index (Phi) is 4.42. The number of imidazole rings is 1. The van der Waals surface area contributed by atoms with Gasteiger partial charge in [-0.15, -0.1) is 0 Å². The number of amides is 1. The van der Waals surface area contributed by atoms with Crippen LogP contribution in [0.15, 0.2) is 73.1 Å². The number of halogens is 1. The molecule has 4 nitrogen and oxygen atoms in total. The Morgan fingerprint density at radius 1 is 1.11 bits per heavy atom. The van der Waals surface area contributed by atoms with Gasteiger partial charge in [0, 0.05) is 23.6 Å². The maximum absolute atomic E-state index is 13.8. The third kappa shape index (κ3) is 3.58. The molecule has 134 valence electrons. The van der Waals surface area contributed by atoms with E-state index < -0.39 is 0 Å². The summed E-state index contributed by atoms with van der Waals surface area (Å²) in [6, 6.07) is 18.0. The molecule has 1 N–H and O–H groups in total. The molecule has 27 heavy (non-hydrogen) atoms. The Morgan fingerprint density at radius 3 is 2.74 bits per heavy atom. The minimum Gasteiger partial charge on any atom is -0.326 e. The van der Waals surface area contributed by atoms with Crippen molar-refractivity contribution >= 4 is 17.2 Å². The molecule has 2 aromatic heterocycles. The van der Waals surface area contributed by atoms with Crippen LogP contribution in [0.4, 0.5) is 10.1 Å². The lowest BCUT2D eigenvalue weighted by Crippen LogP contribution is -2.16. The molecular weight excluding hydrogens is 341 g/mol. The zero-order valence-electron chi connectivity index (χ0n) is 14.8. The van der Waals surface area contributed by atoms with Crippen molar-refractivity contribution < 1.29 is 9.18 Å². The van der Waals surface area contributed by atoms with Crippen LogP contribution in [-0.4, -0.2) is 15.3 Å². The molecule has 0 aliphatic rings. The first-order chi connectivity index (χ1) is 13.1. The second-order valence-corrected chi connectivity index (χ2v) is 6.44. The SMILES string of the molecule is Cc1ccc(-c2cn3ccccc3n2)cc1NC(=O)Cc1ccccc1F. The lowest BCUT2D eigenvalue weighted by molar-refractivity contribution is -0.115. The van der Waals surface area contributed by atoms with E-state index in [9.17, 15) is 9.18 Å². The summed E-state index contributed by atoms with van der Waals surface area (Å²) in [6.07, 6.45) is 3.88. The minimum atomic E-state index is -0.372. The number of hydrogen-bond donors (Lipinski definition) is 1. The fourth-order valence-electron chi connectivity index (χ4n) is 3.00. The van der Waals surface area contributed by atoms with Crippen molar-refractivity contribution in [1.82, 2.24) is 9.38 Å². The van der Waals surface area contributed by atoms with E-state index in [1.807, 2.05) is 60.1 Å². The molecule has 0 spiro atoms. The normalized spacial score (nSPS) is 10.9. The molecule has 2 aromatic carbocycles. The van der Waals surface area contributed by atoms with Gasteiger partial charge in [0.2, 0.25) is 5.91 Å². The number of fused-ring (bicyclic) bond motifs is 1. The maximum Gasteiger partial charge on any atom is 0.228 e. The summed E-state index contributed by atoms with van der Waals surface area (Å²) in [4.78, 5) is 17.0. The summed E-state index contributed by atoms with van der Waals surface area (Å²) in [6.45, 7) is 1.92. The van der Waals surface area contributed by atoms with Gasteiger partial charge in [-0.3, -0.25) is 4.79 Å². The van der Waals surface area contributed by atoms with E-state index in [1.54, 1.807) is 18.2 Å². The summed E-state index contributed by atoms with van der Waals surface area (Å²) in [7, 11) is 0. The van der Waals surface area contributed by atoms with Crippen molar-refractivity contribution in [3.63, 3.8) is 0 Å². The van der Waals surface area contributed by atoms with Gasteiger partial charge < -0.3 is 9.72 Å². The lowest BCUT2D eigenvalue weighted by atomic mass is 10.1. The lowest BCUT2D eigenvalue weighted by Gasteiger charge is -2.10. The molecule has 0 bridgehead atoms. The third-order valence-electron chi connectivity index (χ3n) is 4.48. The number of aryl methyl sites for hydroxylation is 1. The van der Waals surface area contributed by atoms with Crippen molar-refractivity contribution in [2.45, 2.75) is 13.3 Å². The maximum atomic E-state index is 13.8. The topological polar surface area (TPSA) is 46.4 Å². The van der Waals surface area contributed by atoms with E-state index in [2.05, 4.69) is 10.3 Å². The highest BCUT2D eigenvalue weighted by atomic mass is 19.1. The first-order valence-corrected chi connectivity index (χ1v) is 8.68. The van der Waals surface area contributed by atoms with Gasteiger partial charge in [-0.2, -0.15) is 0 Å². The number of anilines is 1. The van der Waals surface area contributed by atoms with Crippen LogP contribution in [0, 0.1) is 12.7 Å². The van der Waals surface area contributed by atoms with Gasteiger partial charge in [-0.25, -0.2) is 9.37 Å². The van der Waals surface area contributed by atoms with E-state index in [1.165, 1.54) is 6.07 Å². The van der Waals surface area contributed by atoms with Crippen molar-refractivity contribution in [2.75, 3.05) is 5.32 Å². The number of pyridine rings is 1. The Labute approximate surface area is 156 Å². The van der Waals surface area contributed by atoms with Gasteiger partial charge in [0.25, 0.3) is 0 Å². The monoisotopic (exact) mass is 359 g/mol. The largest absolute Gasteiger partial charge is 0.326 e. The molecule has 2 heterocycles. The van der Waals surface area contributed by atoms with E-state index in [0.717, 1.165) is 22.5 Å². The van der Waals surface area contributed by atoms with Gasteiger partial charge in [0.05, 0.1) is 12.1 Å². The summed E-state index contributed by atoms with van der Waals surface area (Å²) < 4.78 is 15.7. The quantitative estimate of drug-likeness (QED) is 0.577. The van der Waals surface area contributed by atoms with Crippen LogP contribution in [0.3, 0.4) is 0 Å². The van der Waals surface area contributed by atoms with Gasteiger partial charge >= 0.3 is 0 Å². The van der Waals surface area contributed by atoms with Gasteiger partial charge in [-0.1, -0.05) is 36.4 Å². The number of rotatable bonds is 4. The van der Waals surface area contributed by atoms with E-state index in [-0.39, 0.29) is 18.1 Å². The zero-order chi connectivity index (χ0) is 18.8. The first kappa shape index (κ1) is 17.0. The van der Waals surface area contributed by atoms with Crippen molar-refractivity contribution in [3.05, 3.63) is 90.0 Å². The van der Waals surface area contributed by atoms with Crippen molar-refractivity contribution in [1.29, 1.82) is 0 Å². The molecule has 0 radical (unpaired) electrons. The first-order valence-electron chi connectivity index (χ1n) is 8.68. The Hall–Kier alpha value is -3.47. The van der Waals surface area contributed by atoms with Crippen molar-refractivity contribution in [3.8, 4) is 11.3 Å². The predicted molar refractivity (Wildman–Crippen MR) is 104 cm³/mol. The summed E-state index contributed by atoms with van der Waals surface area (Å²) >= 11 is 0. The number of carbonyl (C=O) groups excluding carboxylic acids is 1. The van der Waals surface area contributed by atoms with Crippen LogP contribution in [-0.2, 0) is 11.2 Å². The number of nitrogens with zero attached hydrogens (tertiary/aromatic N) is 2. The van der Waals surface area contributed by atoms with Gasteiger partial charge in [-0.05, 0) is 42.3 Å². The molecule has 1 amide bonds. The second-order valence-electron chi connectivity index (χ2n) is 6.44. The number of benzene rings is 2. The van der Waals surface area contributed by atoms with Crippen LogP contribution in [0.1, 0.15) is 11.1 Å². The fourth-order valence-corrected chi connectivity index (χ4v) is 3.00. The van der Waals surface area contributed by atoms with Crippen molar-refractivity contribution in [2.24, 2.45) is 0 Å². The molecule has 0 aliphatic heterocycles. The average Bonchev–Trinajstić information content (AvgIpc) is 3.09. The third-order valence-corrected chi connectivity index (χ3v) is 4.48. The number of carbonyl (C=O) groups is 1. The van der Waals surface area contributed by atoms with Crippen LogP contribution in [0.2, 0.25) is 0 Å². The summed E-state index contributed by atoms with van der Waals surface area (Å²) in [5.74, 6) is -0.627. The van der Waals surface area contributed by atoms with Gasteiger partial charge in [0.15, 0.2) is 0 Å². The molecule has 0 atom stereocenters. The van der Waals surface area contributed by atoms with Crippen LogP contribution < -0.4 is 5.32 Å².